The van der Waals surface area contributed by atoms with E-state index >= 15 is 0 Å². The molecule has 0 aliphatic carbocycles. The van der Waals surface area contributed by atoms with Gasteiger partial charge < -0.3 is 9.47 Å². The monoisotopic (exact) mass is 288 g/mol. The Kier molecular flexibility index (Phi) is 3.16. The maximum absolute atomic E-state index is 12.2. The molecule has 0 atom stereocenters. The number of fused-ring (bicyclic) bond motifs is 1. The highest BCUT2D eigenvalue weighted by molar-refractivity contribution is 6.51. The number of Topliss-reactive ketones (excluding diaryl/α,β-unsaturated/α-hetero) is 2. The van der Waals surface area contributed by atoms with Crippen molar-refractivity contribution in [2.24, 2.45) is 0 Å². The van der Waals surface area contributed by atoms with Gasteiger partial charge in [-0.2, -0.15) is 0 Å². The average molecular weight is 289 g/mol. The van der Waals surface area contributed by atoms with Crippen molar-refractivity contribution in [3.63, 3.8) is 0 Å². The Morgan fingerprint density at radius 1 is 0.950 bits per heavy atom. The highest BCUT2D eigenvalue weighted by Crippen LogP contribution is 2.33. The standard InChI is InChI=1S/C15H9ClO4/c16-11-4-2-1-3-10(11)15(18)14(17)9-5-6-12-13(7-9)20-8-19-12/h1-7H,8H2. The van der Waals surface area contributed by atoms with Gasteiger partial charge in [0.2, 0.25) is 18.4 Å². The smallest absolute Gasteiger partial charge is 0.235 e. The molecule has 0 spiro atoms. The van der Waals surface area contributed by atoms with Gasteiger partial charge in [-0.15, -0.1) is 0 Å². The molecule has 0 unspecified atom stereocenters. The molecule has 3 rings (SSSR count). The summed E-state index contributed by atoms with van der Waals surface area (Å²) in [5.74, 6) is -0.250. The minimum atomic E-state index is -0.644. The lowest BCUT2D eigenvalue weighted by Gasteiger charge is -2.03. The zero-order chi connectivity index (χ0) is 14.1. The lowest BCUT2D eigenvalue weighted by Crippen LogP contribution is -2.14. The molecule has 0 radical (unpaired) electrons. The second kappa shape index (κ2) is 4.98. The molecule has 0 saturated carbocycles. The second-order valence-corrected chi connectivity index (χ2v) is 4.61. The van der Waals surface area contributed by atoms with E-state index in [1.54, 1.807) is 24.3 Å². The van der Waals surface area contributed by atoms with E-state index in [-0.39, 0.29) is 22.9 Å². The fraction of sp³-hybridized carbons (Fsp3) is 0.0667. The first kappa shape index (κ1) is 12.7. The fourth-order valence-corrected chi connectivity index (χ4v) is 2.16. The van der Waals surface area contributed by atoms with Crippen LogP contribution in [-0.2, 0) is 0 Å². The van der Waals surface area contributed by atoms with Crippen LogP contribution in [0, 0.1) is 0 Å². The fourth-order valence-electron chi connectivity index (χ4n) is 1.94. The van der Waals surface area contributed by atoms with Gasteiger partial charge in [0.05, 0.1) is 5.02 Å². The van der Waals surface area contributed by atoms with Crippen molar-refractivity contribution in [2.75, 3.05) is 6.79 Å². The SMILES string of the molecule is O=C(C(=O)c1ccccc1Cl)c1ccc2c(c1)OCO2. The number of carbonyl (C=O) groups is 2. The van der Waals surface area contributed by atoms with E-state index in [9.17, 15) is 9.59 Å². The molecule has 0 saturated heterocycles. The second-order valence-electron chi connectivity index (χ2n) is 4.21. The molecule has 1 aliphatic heterocycles. The lowest BCUT2D eigenvalue weighted by molar-refractivity contribution is 0.0817. The van der Waals surface area contributed by atoms with Crippen molar-refractivity contribution >= 4 is 23.2 Å². The number of halogens is 1. The van der Waals surface area contributed by atoms with Crippen LogP contribution >= 0.6 is 11.6 Å². The Labute approximate surface area is 119 Å². The number of ether oxygens (including phenoxy) is 2. The molecule has 0 amide bonds. The summed E-state index contributed by atoms with van der Waals surface area (Å²) in [7, 11) is 0. The minimum Gasteiger partial charge on any atom is -0.454 e. The predicted molar refractivity (Wildman–Crippen MR) is 72.7 cm³/mol. The summed E-state index contributed by atoms with van der Waals surface area (Å²) in [5.41, 5.74) is 0.441. The first-order valence-electron chi connectivity index (χ1n) is 5.90. The zero-order valence-corrected chi connectivity index (χ0v) is 11.0. The topological polar surface area (TPSA) is 52.6 Å². The molecular formula is C15H9ClO4. The van der Waals surface area contributed by atoms with Crippen molar-refractivity contribution < 1.29 is 19.1 Å². The van der Waals surface area contributed by atoms with Crippen LogP contribution < -0.4 is 9.47 Å². The number of rotatable bonds is 3. The van der Waals surface area contributed by atoms with Crippen molar-refractivity contribution in [2.45, 2.75) is 0 Å². The van der Waals surface area contributed by atoms with Crippen LogP contribution in [0.4, 0.5) is 0 Å². The van der Waals surface area contributed by atoms with Gasteiger partial charge in [0.1, 0.15) is 0 Å². The summed E-state index contributed by atoms with van der Waals surface area (Å²) < 4.78 is 10.3. The molecule has 0 N–H and O–H groups in total. The van der Waals surface area contributed by atoms with Crippen molar-refractivity contribution in [1.29, 1.82) is 0 Å². The zero-order valence-electron chi connectivity index (χ0n) is 10.3. The Morgan fingerprint density at radius 2 is 1.70 bits per heavy atom. The van der Waals surface area contributed by atoms with E-state index in [2.05, 4.69) is 0 Å². The van der Waals surface area contributed by atoms with Gasteiger partial charge in [-0.25, -0.2) is 0 Å². The summed E-state index contributed by atoms with van der Waals surface area (Å²) in [6.45, 7) is 0.117. The van der Waals surface area contributed by atoms with Gasteiger partial charge in [0, 0.05) is 11.1 Å². The van der Waals surface area contributed by atoms with E-state index < -0.39 is 11.6 Å². The first-order chi connectivity index (χ1) is 9.66. The van der Waals surface area contributed by atoms with Gasteiger partial charge in [0.15, 0.2) is 11.5 Å². The quantitative estimate of drug-likeness (QED) is 0.643. The Bertz CT molecular complexity index is 709. The van der Waals surface area contributed by atoms with E-state index in [0.29, 0.717) is 11.5 Å². The molecule has 2 aromatic rings. The Morgan fingerprint density at radius 3 is 2.50 bits per heavy atom. The van der Waals surface area contributed by atoms with Crippen LogP contribution in [0.1, 0.15) is 20.7 Å². The Balaban J connectivity index is 1.93. The first-order valence-corrected chi connectivity index (χ1v) is 6.28. The molecule has 1 heterocycles. The molecular weight excluding hydrogens is 280 g/mol. The number of hydrogen-bond acceptors (Lipinski definition) is 4. The maximum Gasteiger partial charge on any atom is 0.235 e. The molecule has 100 valence electrons. The Hall–Kier alpha value is -2.33. The highest BCUT2D eigenvalue weighted by Gasteiger charge is 2.23. The number of hydrogen-bond donors (Lipinski definition) is 0. The van der Waals surface area contributed by atoms with Crippen LogP contribution in [0.3, 0.4) is 0 Å². The molecule has 1 aliphatic rings. The van der Waals surface area contributed by atoms with Gasteiger partial charge in [0.25, 0.3) is 0 Å². The van der Waals surface area contributed by atoms with E-state index in [0.717, 1.165) is 0 Å². The van der Waals surface area contributed by atoms with Gasteiger partial charge in [-0.1, -0.05) is 23.7 Å². The summed E-state index contributed by atoms with van der Waals surface area (Å²) in [4.78, 5) is 24.4. The van der Waals surface area contributed by atoms with Crippen LogP contribution in [0.2, 0.25) is 5.02 Å². The van der Waals surface area contributed by atoms with Crippen molar-refractivity contribution in [3.8, 4) is 11.5 Å². The predicted octanol–water partition coefficient (Wildman–Crippen LogP) is 3.13. The van der Waals surface area contributed by atoms with Crippen LogP contribution in [0.25, 0.3) is 0 Å². The third kappa shape index (κ3) is 2.14. The van der Waals surface area contributed by atoms with Crippen LogP contribution in [0.15, 0.2) is 42.5 Å². The average Bonchev–Trinajstić information content (AvgIpc) is 2.93. The van der Waals surface area contributed by atoms with Crippen molar-refractivity contribution in [3.05, 3.63) is 58.6 Å². The number of carbonyl (C=O) groups excluding carboxylic acids is 2. The van der Waals surface area contributed by atoms with Crippen LogP contribution in [0.5, 0.6) is 11.5 Å². The lowest BCUT2D eigenvalue weighted by atomic mass is 10.0. The largest absolute Gasteiger partial charge is 0.454 e. The summed E-state index contributed by atoms with van der Waals surface area (Å²) in [6.07, 6.45) is 0. The maximum atomic E-state index is 12.2. The molecule has 0 bridgehead atoms. The van der Waals surface area contributed by atoms with Crippen molar-refractivity contribution in [1.82, 2.24) is 0 Å². The summed E-state index contributed by atoms with van der Waals surface area (Å²) >= 11 is 5.93. The molecule has 4 nitrogen and oxygen atoms in total. The van der Waals surface area contributed by atoms with E-state index in [1.807, 2.05) is 0 Å². The molecule has 0 aromatic heterocycles. The summed E-state index contributed by atoms with van der Waals surface area (Å²) in [6, 6.07) is 11.1. The number of ketones is 2. The molecule has 20 heavy (non-hydrogen) atoms. The van der Waals surface area contributed by atoms with Crippen LogP contribution in [-0.4, -0.2) is 18.4 Å². The van der Waals surface area contributed by atoms with Gasteiger partial charge >= 0.3 is 0 Å². The third-order valence-electron chi connectivity index (χ3n) is 2.96. The van der Waals surface area contributed by atoms with E-state index in [1.165, 1.54) is 18.2 Å². The van der Waals surface area contributed by atoms with E-state index in [4.69, 9.17) is 21.1 Å². The van der Waals surface area contributed by atoms with Gasteiger partial charge in [-0.05, 0) is 30.3 Å². The normalized spacial score (nSPS) is 12.2. The molecule has 2 aromatic carbocycles. The summed E-state index contributed by atoms with van der Waals surface area (Å²) in [5, 5.41) is 0.256. The highest BCUT2D eigenvalue weighted by atomic mass is 35.5. The molecule has 0 fully saturated rings. The number of benzene rings is 2. The third-order valence-corrected chi connectivity index (χ3v) is 3.29. The molecule has 5 heteroatoms. The minimum absolute atomic E-state index is 0.117. The van der Waals surface area contributed by atoms with Gasteiger partial charge in [-0.3, -0.25) is 9.59 Å².